The summed E-state index contributed by atoms with van der Waals surface area (Å²) in [4.78, 5) is 10.1. The molecule has 7 nitrogen and oxygen atoms in total. The van der Waals surface area contributed by atoms with E-state index in [1.807, 2.05) is 11.8 Å². The molecule has 1 aliphatic rings. The lowest BCUT2D eigenvalue weighted by Crippen LogP contribution is -2.48. The molecule has 100 valence electrons. The van der Waals surface area contributed by atoms with Gasteiger partial charge in [0.15, 0.2) is 5.82 Å². The summed E-state index contributed by atoms with van der Waals surface area (Å²) in [7, 11) is 1.51. The van der Waals surface area contributed by atoms with Gasteiger partial charge in [0.1, 0.15) is 12.0 Å². The van der Waals surface area contributed by atoms with Crippen LogP contribution in [0.1, 0.15) is 6.92 Å². The summed E-state index contributed by atoms with van der Waals surface area (Å²) in [6.07, 6.45) is 1.20. The van der Waals surface area contributed by atoms with Gasteiger partial charge in [0, 0.05) is 13.1 Å². The zero-order chi connectivity index (χ0) is 13.1. The number of nitrogens with two attached hydrogens (primary N) is 1. The van der Waals surface area contributed by atoms with E-state index in [2.05, 4.69) is 9.97 Å². The summed E-state index contributed by atoms with van der Waals surface area (Å²) < 4.78 is 10.6. The van der Waals surface area contributed by atoms with E-state index in [0.717, 1.165) is 0 Å². The van der Waals surface area contributed by atoms with Gasteiger partial charge in [0.25, 0.3) is 0 Å². The fourth-order valence-corrected chi connectivity index (χ4v) is 2.10. The average molecular weight is 254 g/mol. The minimum Gasteiger partial charge on any atom is -0.479 e. The number of aliphatic hydroxyl groups is 1. The number of aliphatic hydroxyl groups excluding tert-OH is 1. The molecule has 3 N–H and O–H groups in total. The van der Waals surface area contributed by atoms with Crippen LogP contribution in [0.5, 0.6) is 5.88 Å². The van der Waals surface area contributed by atoms with Crippen molar-refractivity contribution in [1.82, 2.24) is 9.97 Å². The highest BCUT2D eigenvalue weighted by Crippen LogP contribution is 2.29. The van der Waals surface area contributed by atoms with Crippen molar-refractivity contribution < 1.29 is 14.6 Å². The van der Waals surface area contributed by atoms with Crippen LogP contribution >= 0.6 is 0 Å². The molecular weight excluding hydrogens is 236 g/mol. The monoisotopic (exact) mass is 254 g/mol. The normalized spacial score (nSPS) is 24.1. The summed E-state index contributed by atoms with van der Waals surface area (Å²) in [5.41, 5.74) is 6.37. The van der Waals surface area contributed by atoms with Crippen LogP contribution in [0.15, 0.2) is 6.33 Å². The average Bonchev–Trinajstić information content (AvgIpc) is 2.38. The van der Waals surface area contributed by atoms with E-state index in [0.29, 0.717) is 30.5 Å². The molecule has 0 aliphatic carbocycles. The molecule has 0 amide bonds. The molecule has 7 heteroatoms. The Labute approximate surface area is 106 Å². The zero-order valence-corrected chi connectivity index (χ0v) is 10.5. The largest absolute Gasteiger partial charge is 0.479 e. The zero-order valence-electron chi connectivity index (χ0n) is 10.5. The number of hydrogen-bond donors (Lipinski definition) is 2. The second-order valence-corrected chi connectivity index (χ2v) is 4.28. The Morgan fingerprint density at radius 1 is 1.56 bits per heavy atom. The predicted octanol–water partition coefficient (Wildman–Crippen LogP) is -0.347. The molecule has 0 bridgehead atoms. The number of anilines is 2. The van der Waals surface area contributed by atoms with Crippen LogP contribution in [0.2, 0.25) is 0 Å². The molecule has 1 aromatic heterocycles. The number of methoxy groups -OCH3 is 1. The van der Waals surface area contributed by atoms with E-state index in [1.54, 1.807) is 0 Å². The van der Waals surface area contributed by atoms with Crippen molar-refractivity contribution in [2.45, 2.75) is 19.1 Å². The van der Waals surface area contributed by atoms with Gasteiger partial charge in [0.05, 0.1) is 25.9 Å². The molecule has 1 aliphatic heterocycles. The Kier molecular flexibility index (Phi) is 3.83. The Morgan fingerprint density at radius 3 is 3.00 bits per heavy atom. The van der Waals surface area contributed by atoms with Gasteiger partial charge in [-0.05, 0) is 6.92 Å². The first-order chi connectivity index (χ1) is 8.65. The van der Waals surface area contributed by atoms with Gasteiger partial charge in [-0.3, -0.25) is 0 Å². The van der Waals surface area contributed by atoms with Crippen LogP contribution in [0.3, 0.4) is 0 Å². The second-order valence-electron chi connectivity index (χ2n) is 4.28. The number of hydrogen-bond acceptors (Lipinski definition) is 7. The third kappa shape index (κ3) is 2.46. The van der Waals surface area contributed by atoms with E-state index in [-0.39, 0.29) is 18.8 Å². The molecule has 1 aromatic rings. The highest BCUT2D eigenvalue weighted by molar-refractivity contribution is 5.67. The molecule has 1 saturated heterocycles. The number of morpholine rings is 1. The predicted molar refractivity (Wildman–Crippen MR) is 66.6 cm³/mol. The van der Waals surface area contributed by atoms with Crippen LogP contribution in [-0.2, 0) is 4.74 Å². The van der Waals surface area contributed by atoms with Gasteiger partial charge >= 0.3 is 0 Å². The quantitative estimate of drug-likeness (QED) is 0.761. The highest BCUT2D eigenvalue weighted by atomic mass is 16.5. The number of aromatic nitrogens is 2. The van der Waals surface area contributed by atoms with Crippen molar-refractivity contribution >= 4 is 11.5 Å². The first-order valence-corrected chi connectivity index (χ1v) is 5.81. The van der Waals surface area contributed by atoms with Gasteiger partial charge in [-0.1, -0.05) is 0 Å². The molecular formula is C11H18N4O3. The molecule has 2 atom stereocenters. The first kappa shape index (κ1) is 12.8. The maximum atomic E-state index is 9.20. The standard InChI is InChI=1S/C11H18N4O3/c1-7-3-15(4-8(5-16)18-7)10-9(12)11(17-2)14-6-13-10/h6-8,16H,3-5,12H2,1-2H3. The maximum absolute atomic E-state index is 9.20. The topological polar surface area (TPSA) is 93.7 Å². The molecule has 0 radical (unpaired) electrons. The summed E-state index contributed by atoms with van der Waals surface area (Å²) in [5.74, 6) is 0.982. The summed E-state index contributed by atoms with van der Waals surface area (Å²) in [5, 5.41) is 9.20. The van der Waals surface area contributed by atoms with E-state index < -0.39 is 0 Å². The lowest BCUT2D eigenvalue weighted by molar-refractivity contribution is -0.0422. The van der Waals surface area contributed by atoms with Crippen LogP contribution < -0.4 is 15.4 Å². The number of nitrogen functional groups attached to an aromatic ring is 1. The van der Waals surface area contributed by atoms with E-state index in [4.69, 9.17) is 15.2 Å². The summed E-state index contributed by atoms with van der Waals surface area (Å²) in [6.45, 7) is 3.14. The van der Waals surface area contributed by atoms with Gasteiger partial charge in [-0.15, -0.1) is 0 Å². The lowest BCUT2D eigenvalue weighted by Gasteiger charge is -2.37. The highest BCUT2D eigenvalue weighted by Gasteiger charge is 2.27. The first-order valence-electron chi connectivity index (χ1n) is 5.81. The molecule has 2 rings (SSSR count). The smallest absolute Gasteiger partial charge is 0.242 e. The molecule has 2 unspecified atom stereocenters. The van der Waals surface area contributed by atoms with Crippen LogP contribution in [0.25, 0.3) is 0 Å². The van der Waals surface area contributed by atoms with Crippen molar-refractivity contribution in [3.8, 4) is 5.88 Å². The maximum Gasteiger partial charge on any atom is 0.242 e. The Hall–Kier alpha value is -1.60. The van der Waals surface area contributed by atoms with E-state index >= 15 is 0 Å². The summed E-state index contributed by atoms with van der Waals surface area (Å²) in [6, 6.07) is 0. The number of rotatable bonds is 3. The van der Waals surface area contributed by atoms with Gasteiger partial charge in [0.2, 0.25) is 5.88 Å². The minimum atomic E-state index is -0.228. The van der Waals surface area contributed by atoms with Crippen molar-refractivity contribution in [2.24, 2.45) is 0 Å². The molecule has 0 saturated carbocycles. The van der Waals surface area contributed by atoms with Gasteiger partial charge in [-0.2, -0.15) is 4.98 Å². The Morgan fingerprint density at radius 2 is 2.33 bits per heavy atom. The fraction of sp³-hybridized carbons (Fsp3) is 0.636. The lowest BCUT2D eigenvalue weighted by atomic mass is 10.2. The van der Waals surface area contributed by atoms with Crippen molar-refractivity contribution in [2.75, 3.05) is 37.4 Å². The van der Waals surface area contributed by atoms with E-state index in [9.17, 15) is 5.11 Å². The molecule has 18 heavy (non-hydrogen) atoms. The van der Waals surface area contributed by atoms with Crippen LogP contribution in [0, 0.1) is 0 Å². The molecule has 1 fully saturated rings. The van der Waals surface area contributed by atoms with Gasteiger partial charge < -0.3 is 25.2 Å². The van der Waals surface area contributed by atoms with E-state index in [1.165, 1.54) is 13.4 Å². The second kappa shape index (κ2) is 5.36. The van der Waals surface area contributed by atoms with Gasteiger partial charge in [-0.25, -0.2) is 4.98 Å². The Balaban J connectivity index is 2.25. The van der Waals surface area contributed by atoms with Crippen molar-refractivity contribution in [3.63, 3.8) is 0 Å². The SMILES string of the molecule is COc1ncnc(N2CC(C)OC(CO)C2)c1N. The van der Waals surface area contributed by atoms with Crippen molar-refractivity contribution in [1.29, 1.82) is 0 Å². The Bertz CT molecular complexity index is 415. The summed E-state index contributed by atoms with van der Waals surface area (Å²) >= 11 is 0. The van der Waals surface area contributed by atoms with Crippen molar-refractivity contribution in [3.05, 3.63) is 6.33 Å². The number of ether oxygens (including phenoxy) is 2. The molecule has 2 heterocycles. The number of nitrogens with zero attached hydrogens (tertiary/aromatic N) is 3. The molecule has 0 spiro atoms. The minimum absolute atomic E-state index is 0.0104. The molecule has 0 aromatic carbocycles. The van der Waals surface area contributed by atoms with Crippen LogP contribution in [-0.4, -0.2) is 54.1 Å². The third-order valence-electron chi connectivity index (χ3n) is 2.85. The fourth-order valence-electron chi connectivity index (χ4n) is 2.10. The third-order valence-corrected chi connectivity index (χ3v) is 2.85. The van der Waals surface area contributed by atoms with Crippen LogP contribution in [0.4, 0.5) is 11.5 Å².